The number of rotatable bonds is 3. The molecule has 0 bridgehead atoms. The molecule has 1 saturated carbocycles. The quantitative estimate of drug-likeness (QED) is 0.620. The van der Waals surface area contributed by atoms with E-state index in [1.165, 1.54) is 12.1 Å². The smallest absolute Gasteiger partial charge is 0.315 e. The first kappa shape index (κ1) is 13.9. The molecule has 0 amide bonds. The fourth-order valence-electron chi connectivity index (χ4n) is 1.56. The molecule has 2 nitrogen and oxygen atoms in total. The van der Waals surface area contributed by atoms with Crippen molar-refractivity contribution >= 4 is 40.8 Å². The monoisotopic (exact) mass is 310 g/mol. The molecule has 0 spiro atoms. The summed E-state index contributed by atoms with van der Waals surface area (Å²) >= 11 is 17.5. The highest BCUT2D eigenvalue weighted by molar-refractivity contribution is 6.53. The van der Waals surface area contributed by atoms with Crippen molar-refractivity contribution in [3.63, 3.8) is 0 Å². The third kappa shape index (κ3) is 2.44. The van der Waals surface area contributed by atoms with E-state index in [1.807, 2.05) is 0 Å². The Morgan fingerprint density at radius 3 is 2.61 bits per heavy atom. The van der Waals surface area contributed by atoms with Gasteiger partial charge < -0.3 is 4.74 Å². The van der Waals surface area contributed by atoms with Crippen LogP contribution >= 0.6 is 34.8 Å². The molecule has 0 aromatic heterocycles. The largest absolute Gasteiger partial charge is 0.460 e. The number of esters is 1. The highest BCUT2D eigenvalue weighted by Crippen LogP contribution is 2.64. The molecule has 0 radical (unpaired) electrons. The van der Waals surface area contributed by atoms with Crippen LogP contribution in [0, 0.1) is 11.2 Å². The number of benzene rings is 1. The van der Waals surface area contributed by atoms with Gasteiger partial charge in [-0.2, -0.15) is 0 Å². The van der Waals surface area contributed by atoms with Gasteiger partial charge in [0, 0.05) is 12.0 Å². The van der Waals surface area contributed by atoms with E-state index < -0.39 is 21.5 Å². The number of ether oxygens (including phenoxy) is 1. The van der Waals surface area contributed by atoms with Crippen molar-refractivity contribution in [2.45, 2.75) is 24.3 Å². The van der Waals surface area contributed by atoms with Gasteiger partial charge in [-0.15, -0.1) is 23.2 Å². The fraction of sp³-hybridized carbons (Fsp3) is 0.417. The lowest BCUT2D eigenvalue weighted by molar-refractivity contribution is -0.150. The van der Waals surface area contributed by atoms with E-state index in [4.69, 9.17) is 39.5 Å². The zero-order valence-corrected chi connectivity index (χ0v) is 11.7. The summed E-state index contributed by atoms with van der Waals surface area (Å²) in [5.41, 5.74) is -0.340. The number of carbonyl (C=O) groups excluding carboxylic acids is 1. The van der Waals surface area contributed by atoms with Crippen molar-refractivity contribution in [1.82, 2.24) is 0 Å². The average molecular weight is 312 g/mol. The van der Waals surface area contributed by atoms with Crippen LogP contribution in [0.25, 0.3) is 0 Å². The Kier molecular flexibility index (Phi) is 3.52. The average Bonchev–Trinajstić information content (AvgIpc) is 2.78. The zero-order chi connectivity index (χ0) is 13.6. The molecule has 1 aromatic carbocycles. The third-order valence-electron chi connectivity index (χ3n) is 3.08. The first-order valence-corrected chi connectivity index (χ1v) is 6.39. The van der Waals surface area contributed by atoms with Crippen molar-refractivity contribution in [3.05, 3.63) is 34.6 Å². The molecule has 1 aliphatic carbocycles. The molecule has 1 aliphatic rings. The minimum Gasteiger partial charge on any atom is -0.460 e. The van der Waals surface area contributed by atoms with E-state index in [1.54, 1.807) is 6.92 Å². The van der Waals surface area contributed by atoms with Gasteiger partial charge in [-0.3, -0.25) is 4.79 Å². The van der Waals surface area contributed by atoms with E-state index >= 15 is 0 Å². The molecular weight excluding hydrogens is 301 g/mol. The standard InChI is InChI=1S/C12H10Cl3FO2/c1-11(6-12(11,14)15)10(17)18-5-7-2-3-8(16)4-9(7)13/h2-4H,5-6H2,1H3. The van der Waals surface area contributed by atoms with Gasteiger partial charge in [0.25, 0.3) is 0 Å². The van der Waals surface area contributed by atoms with E-state index in [0.717, 1.165) is 6.07 Å². The van der Waals surface area contributed by atoms with Crippen molar-refractivity contribution in [2.75, 3.05) is 0 Å². The lowest BCUT2D eigenvalue weighted by Crippen LogP contribution is -2.21. The highest BCUT2D eigenvalue weighted by atomic mass is 35.5. The minimum absolute atomic E-state index is 0.0304. The van der Waals surface area contributed by atoms with Crippen LogP contribution in [-0.4, -0.2) is 10.3 Å². The molecule has 0 N–H and O–H groups in total. The van der Waals surface area contributed by atoms with Gasteiger partial charge in [0.2, 0.25) is 0 Å². The molecule has 0 aliphatic heterocycles. The Morgan fingerprint density at radius 1 is 1.50 bits per heavy atom. The second kappa shape index (κ2) is 4.55. The van der Waals surface area contributed by atoms with Gasteiger partial charge >= 0.3 is 5.97 Å². The van der Waals surface area contributed by atoms with E-state index in [2.05, 4.69) is 0 Å². The van der Waals surface area contributed by atoms with Crippen molar-refractivity contribution in [3.8, 4) is 0 Å². The van der Waals surface area contributed by atoms with Crippen LogP contribution in [0.15, 0.2) is 18.2 Å². The van der Waals surface area contributed by atoms with E-state index in [9.17, 15) is 9.18 Å². The first-order valence-electron chi connectivity index (χ1n) is 5.25. The molecule has 98 valence electrons. The number of hydrogen-bond donors (Lipinski definition) is 0. The van der Waals surface area contributed by atoms with Gasteiger partial charge in [-0.25, -0.2) is 4.39 Å². The Hall–Kier alpha value is -0.510. The number of alkyl halides is 2. The van der Waals surface area contributed by atoms with Crippen molar-refractivity contribution in [2.24, 2.45) is 5.41 Å². The highest BCUT2D eigenvalue weighted by Gasteiger charge is 2.69. The molecule has 6 heteroatoms. The SMILES string of the molecule is CC1(C(=O)OCc2ccc(F)cc2Cl)CC1(Cl)Cl. The number of halogens is 4. The maximum atomic E-state index is 12.8. The first-order chi connectivity index (χ1) is 8.26. The van der Waals surface area contributed by atoms with Crippen LogP contribution in [-0.2, 0) is 16.1 Å². The van der Waals surface area contributed by atoms with Crippen LogP contribution < -0.4 is 0 Å². The summed E-state index contributed by atoms with van der Waals surface area (Å²) in [6.07, 6.45) is 0.360. The fourth-order valence-corrected chi connectivity index (χ4v) is 2.47. The number of hydrogen-bond acceptors (Lipinski definition) is 2. The molecule has 1 fully saturated rings. The van der Waals surface area contributed by atoms with Gasteiger partial charge in [-0.1, -0.05) is 17.7 Å². The lowest BCUT2D eigenvalue weighted by atomic mass is 10.1. The summed E-state index contributed by atoms with van der Waals surface area (Å²) < 4.78 is 16.9. The summed E-state index contributed by atoms with van der Waals surface area (Å²) in [5.74, 6) is -0.919. The van der Waals surface area contributed by atoms with Crippen LogP contribution in [0.3, 0.4) is 0 Å². The van der Waals surface area contributed by atoms with E-state index in [-0.39, 0.29) is 11.6 Å². The molecule has 18 heavy (non-hydrogen) atoms. The Labute approximate surface area is 119 Å². The zero-order valence-electron chi connectivity index (χ0n) is 9.47. The normalized spacial score (nSPS) is 24.7. The minimum atomic E-state index is -1.06. The number of carbonyl (C=O) groups is 1. The van der Waals surface area contributed by atoms with Gasteiger partial charge in [0.05, 0.1) is 5.02 Å². The van der Waals surface area contributed by atoms with Gasteiger partial charge in [0.15, 0.2) is 0 Å². The molecule has 0 saturated heterocycles. The molecular formula is C12H10Cl3FO2. The molecule has 1 atom stereocenters. The van der Waals surface area contributed by atoms with Crippen LogP contribution in [0.1, 0.15) is 18.9 Å². The summed E-state index contributed by atoms with van der Waals surface area (Å²) in [5, 5.41) is 0.215. The van der Waals surface area contributed by atoms with Crippen molar-refractivity contribution < 1.29 is 13.9 Å². The summed E-state index contributed by atoms with van der Waals surface area (Å²) in [4.78, 5) is 11.8. The van der Waals surface area contributed by atoms with Gasteiger partial charge in [-0.05, 0) is 19.1 Å². The van der Waals surface area contributed by atoms with Crippen LogP contribution in [0.4, 0.5) is 4.39 Å². The maximum Gasteiger partial charge on any atom is 0.315 e. The topological polar surface area (TPSA) is 26.3 Å². The molecule has 2 rings (SSSR count). The van der Waals surface area contributed by atoms with Gasteiger partial charge in [0.1, 0.15) is 22.2 Å². The maximum absolute atomic E-state index is 12.8. The lowest BCUT2D eigenvalue weighted by Gasteiger charge is -2.12. The predicted octanol–water partition coefficient (Wildman–Crippen LogP) is 4.11. The summed E-state index contributed by atoms with van der Waals surface area (Å²) in [6.45, 7) is 1.61. The Morgan fingerprint density at radius 2 is 2.11 bits per heavy atom. The van der Waals surface area contributed by atoms with Crippen molar-refractivity contribution in [1.29, 1.82) is 0 Å². The Bertz CT molecular complexity index is 504. The Balaban J connectivity index is 1.99. The second-order valence-corrected chi connectivity index (χ2v) is 6.42. The molecule has 1 aromatic rings. The molecule has 0 heterocycles. The summed E-state index contributed by atoms with van der Waals surface area (Å²) in [6, 6.07) is 3.88. The summed E-state index contributed by atoms with van der Waals surface area (Å²) in [7, 11) is 0. The third-order valence-corrected chi connectivity index (χ3v) is 4.54. The second-order valence-electron chi connectivity index (χ2n) is 4.53. The van der Waals surface area contributed by atoms with Crippen LogP contribution in [0.5, 0.6) is 0 Å². The predicted molar refractivity (Wildman–Crippen MR) is 68.4 cm³/mol. The van der Waals surface area contributed by atoms with E-state index in [0.29, 0.717) is 12.0 Å². The molecule has 1 unspecified atom stereocenters. The van der Waals surface area contributed by atoms with Crippen LogP contribution in [0.2, 0.25) is 5.02 Å².